The predicted octanol–water partition coefficient (Wildman–Crippen LogP) is 2.15. The maximum absolute atomic E-state index is 2.42. The Hall–Kier alpha value is 0.818. The van der Waals surface area contributed by atoms with Crippen LogP contribution >= 0.6 is 0 Å². The number of hydrogen-bond acceptors (Lipinski definition) is 0. The van der Waals surface area contributed by atoms with Crippen LogP contribution in [0.25, 0.3) is 0 Å². The van der Waals surface area contributed by atoms with E-state index in [1.807, 2.05) is 0 Å². The van der Waals surface area contributed by atoms with Crippen molar-refractivity contribution < 1.29 is 0 Å². The molecular weight excluding hydrogens is 182 g/mol. The van der Waals surface area contributed by atoms with Gasteiger partial charge in [0.2, 0.25) is 0 Å². The van der Waals surface area contributed by atoms with Crippen molar-refractivity contribution in [3.05, 3.63) is 0 Å². The van der Waals surface area contributed by atoms with Crippen molar-refractivity contribution in [2.45, 2.75) is 27.5 Å². The van der Waals surface area contributed by atoms with E-state index in [4.69, 9.17) is 0 Å². The van der Waals surface area contributed by atoms with Gasteiger partial charge in [0.25, 0.3) is 0 Å². The molecule has 0 aromatic rings. The molecule has 0 rings (SSSR count). The Bertz CT molecular complexity index is 24.9. The van der Waals surface area contributed by atoms with E-state index in [0.717, 1.165) is 3.86 Å². The van der Waals surface area contributed by atoms with E-state index in [-0.39, 0.29) is 0 Å². The van der Waals surface area contributed by atoms with Crippen molar-refractivity contribution in [2.75, 3.05) is 0 Å². The normalized spacial score (nSPS) is 11.0. The van der Waals surface area contributed by atoms with Gasteiger partial charge in [-0.05, 0) is 0 Å². The first-order valence-electron chi connectivity index (χ1n) is 2.31. The summed E-state index contributed by atoms with van der Waals surface area (Å²) in [6.45, 7) is 4.64. The molecule has 0 aromatic heterocycles. The summed E-state index contributed by atoms with van der Waals surface area (Å²) in [6.07, 6.45) is 0. The standard InChI is InChI=1S/C3H7.2CH3.Sb/c1-3-2;;;/h3H,1-2H3;2*1H3;. The monoisotopic (exact) mass is 194 g/mol. The molecule has 0 N–H and O–H groups in total. The molecule has 0 atom stereocenters. The van der Waals surface area contributed by atoms with Gasteiger partial charge < -0.3 is 0 Å². The Balaban J connectivity index is 2.99. The van der Waals surface area contributed by atoms with Crippen molar-refractivity contribution in [2.24, 2.45) is 0 Å². The SMILES string of the molecule is C[CH](C)[Sb]([CH3])[CH3]. The Labute approximate surface area is 47.9 Å². The molecule has 0 heterocycles. The molecule has 0 amide bonds. The molecule has 0 saturated heterocycles. The summed E-state index contributed by atoms with van der Waals surface area (Å²) in [7, 11) is 0. The zero-order valence-corrected chi connectivity index (χ0v) is 7.58. The second-order valence-electron chi connectivity index (χ2n) is 2.06. The van der Waals surface area contributed by atoms with Gasteiger partial charge in [0.1, 0.15) is 0 Å². The first-order chi connectivity index (χ1) is 2.64. The molecule has 0 aliphatic carbocycles. The molecule has 6 heavy (non-hydrogen) atoms. The molecule has 0 bridgehead atoms. The Morgan fingerprint density at radius 3 is 1.33 bits per heavy atom. The molecule has 0 spiro atoms. The van der Waals surface area contributed by atoms with Crippen molar-refractivity contribution in [3.63, 3.8) is 0 Å². The van der Waals surface area contributed by atoms with Gasteiger partial charge in [-0.1, -0.05) is 0 Å². The first kappa shape index (κ1) is 6.82. The third-order valence-corrected chi connectivity index (χ3v) is 6.93. The minimum atomic E-state index is -0.594. The van der Waals surface area contributed by atoms with Gasteiger partial charge in [0, 0.05) is 0 Å². The summed E-state index contributed by atoms with van der Waals surface area (Å²) in [5.41, 5.74) is 0. The van der Waals surface area contributed by atoms with E-state index >= 15 is 0 Å². The van der Waals surface area contributed by atoms with Gasteiger partial charge in [-0.25, -0.2) is 0 Å². The van der Waals surface area contributed by atoms with Gasteiger partial charge >= 0.3 is 47.7 Å². The first-order valence-corrected chi connectivity index (χ1v) is 8.89. The molecule has 0 unspecified atom stereocenters. The third-order valence-electron chi connectivity index (χ3n) is 1.03. The predicted molar refractivity (Wildman–Crippen MR) is 32.6 cm³/mol. The molecule has 0 radical (unpaired) electrons. The van der Waals surface area contributed by atoms with Crippen molar-refractivity contribution >= 4 is 20.2 Å². The summed E-state index contributed by atoms with van der Waals surface area (Å²) in [5.74, 6) is 0. The molecule has 0 fully saturated rings. The van der Waals surface area contributed by atoms with Gasteiger partial charge in [0.15, 0.2) is 0 Å². The van der Waals surface area contributed by atoms with Gasteiger partial charge in [-0.2, -0.15) is 0 Å². The summed E-state index contributed by atoms with van der Waals surface area (Å²) in [6, 6.07) is 0. The maximum atomic E-state index is 2.42. The van der Waals surface area contributed by atoms with Crippen LogP contribution < -0.4 is 0 Å². The fourth-order valence-electron chi connectivity index (χ4n) is 0. The Morgan fingerprint density at radius 2 is 1.33 bits per heavy atom. The summed E-state index contributed by atoms with van der Waals surface area (Å²) in [5, 5.41) is 0. The van der Waals surface area contributed by atoms with Gasteiger partial charge in [-0.3, -0.25) is 0 Å². The van der Waals surface area contributed by atoms with E-state index in [9.17, 15) is 0 Å². The van der Waals surface area contributed by atoms with Crippen LogP contribution in [0.15, 0.2) is 0 Å². The van der Waals surface area contributed by atoms with E-state index < -0.39 is 20.2 Å². The topological polar surface area (TPSA) is 0 Å². The molecule has 38 valence electrons. The third kappa shape index (κ3) is 3.03. The summed E-state index contributed by atoms with van der Waals surface area (Å²) >= 11 is -0.594. The van der Waals surface area contributed by atoms with E-state index in [1.165, 1.54) is 0 Å². The second-order valence-corrected chi connectivity index (χ2v) is 10.5. The van der Waals surface area contributed by atoms with Crippen LogP contribution in [0.2, 0.25) is 13.6 Å². The van der Waals surface area contributed by atoms with Crippen LogP contribution in [0.1, 0.15) is 13.8 Å². The minimum absolute atomic E-state index is 0.594. The van der Waals surface area contributed by atoms with Crippen LogP contribution in [0, 0.1) is 0 Å². The molecular formula is C5H13Sb. The average Bonchev–Trinajstić information content (AvgIpc) is 1.36. The van der Waals surface area contributed by atoms with Crippen molar-refractivity contribution in [3.8, 4) is 0 Å². The van der Waals surface area contributed by atoms with Crippen LogP contribution in [0.5, 0.6) is 0 Å². The van der Waals surface area contributed by atoms with Gasteiger partial charge in [0.05, 0.1) is 0 Å². The fraction of sp³-hybridized carbons (Fsp3) is 1.00. The van der Waals surface area contributed by atoms with Crippen molar-refractivity contribution in [1.82, 2.24) is 0 Å². The number of hydrogen-bond donors (Lipinski definition) is 0. The zero-order chi connectivity index (χ0) is 5.15. The zero-order valence-electron chi connectivity index (χ0n) is 5.02. The van der Waals surface area contributed by atoms with E-state index in [1.54, 1.807) is 0 Å². The quantitative estimate of drug-likeness (QED) is 0.562. The van der Waals surface area contributed by atoms with Crippen LogP contribution in [-0.2, 0) is 0 Å². The molecule has 0 aliphatic rings. The van der Waals surface area contributed by atoms with E-state index in [0.29, 0.717) is 0 Å². The van der Waals surface area contributed by atoms with Crippen molar-refractivity contribution in [1.29, 1.82) is 0 Å². The molecule has 0 aliphatic heterocycles. The van der Waals surface area contributed by atoms with E-state index in [2.05, 4.69) is 23.6 Å². The van der Waals surface area contributed by atoms with Crippen LogP contribution in [0.3, 0.4) is 0 Å². The Morgan fingerprint density at radius 1 is 1.17 bits per heavy atom. The summed E-state index contributed by atoms with van der Waals surface area (Å²) in [4.78, 5) is 4.85. The van der Waals surface area contributed by atoms with Crippen LogP contribution in [-0.4, -0.2) is 20.2 Å². The Kier molecular flexibility index (Phi) is 3.30. The summed E-state index contributed by atoms with van der Waals surface area (Å²) < 4.78 is 1.04. The molecule has 0 aromatic carbocycles. The van der Waals surface area contributed by atoms with Gasteiger partial charge in [-0.15, -0.1) is 0 Å². The number of rotatable bonds is 1. The fourth-order valence-corrected chi connectivity index (χ4v) is 0. The second kappa shape index (κ2) is 2.91. The molecule has 1 heteroatoms. The van der Waals surface area contributed by atoms with Crippen LogP contribution in [0.4, 0.5) is 0 Å². The molecule has 0 nitrogen and oxygen atoms in total. The average molecular weight is 195 g/mol. The molecule has 0 saturated carbocycles.